The number of carbonyl (C=O) groups is 2. The predicted molar refractivity (Wildman–Crippen MR) is 63.4 cm³/mol. The molecule has 0 spiro atoms. The van der Waals surface area contributed by atoms with Crippen molar-refractivity contribution in [3.05, 3.63) is 48.0 Å². The fraction of sp³-hybridized carbons (Fsp3) is 0.0833. The van der Waals surface area contributed by atoms with Gasteiger partial charge in [0.2, 0.25) is 0 Å². The van der Waals surface area contributed by atoms with Gasteiger partial charge in [-0.1, -0.05) is 17.3 Å². The molecule has 0 unspecified atom stereocenters. The maximum atomic E-state index is 12.7. The molecule has 2 amide bonds. The molecule has 0 aliphatic heterocycles. The Morgan fingerprint density at radius 2 is 1.89 bits per heavy atom. The van der Waals surface area contributed by atoms with E-state index >= 15 is 0 Å². The molecule has 0 saturated carbocycles. The number of halogens is 1. The SMILES string of the molecule is O=C(NCc1ccc(F)cc1)C(=O)Nc1ccon1. The van der Waals surface area contributed by atoms with Gasteiger partial charge >= 0.3 is 11.8 Å². The molecule has 7 heteroatoms. The molecule has 0 atom stereocenters. The second-order valence-corrected chi connectivity index (χ2v) is 3.65. The maximum Gasteiger partial charge on any atom is 0.314 e. The van der Waals surface area contributed by atoms with Crippen LogP contribution in [0.4, 0.5) is 10.2 Å². The minimum atomic E-state index is -0.851. The topological polar surface area (TPSA) is 84.2 Å². The third-order valence-corrected chi connectivity index (χ3v) is 2.25. The van der Waals surface area contributed by atoms with Gasteiger partial charge in [-0.15, -0.1) is 0 Å². The first-order chi connectivity index (χ1) is 9.15. The highest BCUT2D eigenvalue weighted by Crippen LogP contribution is 2.03. The molecule has 0 aliphatic rings. The van der Waals surface area contributed by atoms with Crippen molar-refractivity contribution in [3.63, 3.8) is 0 Å². The van der Waals surface area contributed by atoms with E-state index in [2.05, 4.69) is 20.3 Å². The van der Waals surface area contributed by atoms with Crippen molar-refractivity contribution in [2.45, 2.75) is 6.54 Å². The molecule has 98 valence electrons. The Morgan fingerprint density at radius 1 is 1.16 bits per heavy atom. The third kappa shape index (κ3) is 3.63. The van der Waals surface area contributed by atoms with Crippen LogP contribution in [0.5, 0.6) is 0 Å². The van der Waals surface area contributed by atoms with E-state index in [4.69, 9.17) is 0 Å². The lowest BCUT2D eigenvalue weighted by Gasteiger charge is -2.04. The maximum absolute atomic E-state index is 12.7. The van der Waals surface area contributed by atoms with Gasteiger partial charge < -0.3 is 9.84 Å². The lowest BCUT2D eigenvalue weighted by molar-refractivity contribution is -0.136. The molecule has 0 fully saturated rings. The summed E-state index contributed by atoms with van der Waals surface area (Å²) in [7, 11) is 0. The number of benzene rings is 1. The van der Waals surface area contributed by atoms with E-state index in [1.807, 2.05) is 0 Å². The second kappa shape index (κ2) is 5.76. The third-order valence-electron chi connectivity index (χ3n) is 2.25. The van der Waals surface area contributed by atoms with E-state index in [0.717, 1.165) is 0 Å². The van der Waals surface area contributed by atoms with Crippen LogP contribution < -0.4 is 10.6 Å². The molecule has 2 rings (SSSR count). The molecule has 0 bridgehead atoms. The summed E-state index contributed by atoms with van der Waals surface area (Å²) in [5, 5.41) is 8.09. The van der Waals surface area contributed by atoms with E-state index in [1.165, 1.54) is 36.6 Å². The summed E-state index contributed by atoms with van der Waals surface area (Å²) in [6, 6.07) is 7.00. The molecule has 19 heavy (non-hydrogen) atoms. The van der Waals surface area contributed by atoms with Crippen LogP contribution in [0.1, 0.15) is 5.56 Å². The van der Waals surface area contributed by atoms with Crippen molar-refractivity contribution in [1.82, 2.24) is 10.5 Å². The highest BCUT2D eigenvalue weighted by molar-refractivity contribution is 6.39. The second-order valence-electron chi connectivity index (χ2n) is 3.65. The van der Waals surface area contributed by atoms with Crippen molar-refractivity contribution in [2.75, 3.05) is 5.32 Å². The molecule has 2 N–H and O–H groups in total. The minimum absolute atomic E-state index is 0.130. The van der Waals surface area contributed by atoms with Gasteiger partial charge in [0.25, 0.3) is 0 Å². The summed E-state index contributed by atoms with van der Waals surface area (Å²) >= 11 is 0. The summed E-state index contributed by atoms with van der Waals surface area (Å²) in [4.78, 5) is 22.9. The van der Waals surface area contributed by atoms with E-state index in [0.29, 0.717) is 5.56 Å². The molecule has 1 aromatic heterocycles. The Morgan fingerprint density at radius 3 is 2.53 bits per heavy atom. The van der Waals surface area contributed by atoms with Crippen LogP contribution in [0.25, 0.3) is 0 Å². The van der Waals surface area contributed by atoms with E-state index in [9.17, 15) is 14.0 Å². The fourth-order valence-electron chi connectivity index (χ4n) is 1.31. The van der Waals surface area contributed by atoms with Gasteiger partial charge in [-0.05, 0) is 17.7 Å². The zero-order valence-corrected chi connectivity index (χ0v) is 9.72. The number of carbonyl (C=O) groups excluding carboxylic acids is 2. The molecular formula is C12H10FN3O3. The number of hydrogen-bond donors (Lipinski definition) is 2. The number of aromatic nitrogens is 1. The summed E-state index contributed by atoms with van der Waals surface area (Å²) in [6.45, 7) is 0.130. The van der Waals surface area contributed by atoms with Crippen LogP contribution in [0.2, 0.25) is 0 Å². The van der Waals surface area contributed by atoms with E-state index in [-0.39, 0.29) is 18.2 Å². The van der Waals surface area contributed by atoms with Crippen LogP contribution >= 0.6 is 0 Å². The van der Waals surface area contributed by atoms with Gasteiger partial charge in [-0.3, -0.25) is 14.9 Å². The Bertz CT molecular complexity index is 566. The van der Waals surface area contributed by atoms with Gasteiger partial charge in [-0.25, -0.2) is 4.39 Å². The number of rotatable bonds is 3. The van der Waals surface area contributed by atoms with Crippen molar-refractivity contribution >= 4 is 17.6 Å². The number of nitrogens with zero attached hydrogens (tertiary/aromatic N) is 1. The number of hydrogen-bond acceptors (Lipinski definition) is 4. The largest absolute Gasteiger partial charge is 0.363 e. The number of nitrogens with one attached hydrogen (secondary N) is 2. The molecule has 0 saturated heterocycles. The first kappa shape index (κ1) is 12.7. The van der Waals surface area contributed by atoms with Gasteiger partial charge in [0, 0.05) is 12.6 Å². The molecule has 1 aromatic carbocycles. The molecule has 0 radical (unpaired) electrons. The first-order valence-corrected chi connectivity index (χ1v) is 5.39. The lowest BCUT2D eigenvalue weighted by Crippen LogP contribution is -2.35. The van der Waals surface area contributed by atoms with Crippen molar-refractivity contribution in [3.8, 4) is 0 Å². The predicted octanol–water partition coefficient (Wildman–Crippen LogP) is 1.07. The van der Waals surface area contributed by atoms with Crippen molar-refractivity contribution in [2.24, 2.45) is 0 Å². The van der Waals surface area contributed by atoms with Crippen LogP contribution in [-0.2, 0) is 16.1 Å². The summed E-state index contributed by atoms with van der Waals surface area (Å²) in [6.07, 6.45) is 1.27. The average molecular weight is 263 g/mol. The minimum Gasteiger partial charge on any atom is -0.363 e. The smallest absolute Gasteiger partial charge is 0.314 e. The van der Waals surface area contributed by atoms with Crippen molar-refractivity contribution in [1.29, 1.82) is 0 Å². The van der Waals surface area contributed by atoms with E-state index < -0.39 is 11.8 Å². The number of anilines is 1. The highest BCUT2D eigenvalue weighted by atomic mass is 19.1. The highest BCUT2D eigenvalue weighted by Gasteiger charge is 2.14. The van der Waals surface area contributed by atoms with Gasteiger partial charge in [0.15, 0.2) is 5.82 Å². The van der Waals surface area contributed by atoms with Crippen molar-refractivity contribution < 1.29 is 18.5 Å². The normalized spacial score (nSPS) is 9.95. The standard InChI is InChI=1S/C12H10FN3O3/c13-9-3-1-8(2-4-9)7-14-11(17)12(18)15-10-5-6-19-16-10/h1-6H,7H2,(H,14,17)(H,15,16,18). The Kier molecular flexibility index (Phi) is 3.87. The van der Waals surface area contributed by atoms with Gasteiger partial charge in [-0.2, -0.15) is 0 Å². The zero-order valence-electron chi connectivity index (χ0n) is 9.72. The summed E-state index contributed by atoms with van der Waals surface area (Å²) in [5.74, 6) is -1.87. The summed E-state index contributed by atoms with van der Waals surface area (Å²) in [5.41, 5.74) is 0.684. The van der Waals surface area contributed by atoms with Crippen LogP contribution in [-0.4, -0.2) is 17.0 Å². The molecular weight excluding hydrogens is 253 g/mol. The van der Waals surface area contributed by atoms with Crippen LogP contribution in [0.15, 0.2) is 41.1 Å². The monoisotopic (exact) mass is 263 g/mol. The molecule has 2 aromatic rings. The number of amides is 2. The lowest BCUT2D eigenvalue weighted by atomic mass is 10.2. The Balaban J connectivity index is 1.84. The first-order valence-electron chi connectivity index (χ1n) is 5.39. The van der Waals surface area contributed by atoms with Gasteiger partial charge in [0.05, 0.1) is 0 Å². The Labute approximate surface area is 107 Å². The molecule has 6 nitrogen and oxygen atoms in total. The molecule has 1 heterocycles. The van der Waals surface area contributed by atoms with Gasteiger partial charge in [0.1, 0.15) is 12.1 Å². The summed E-state index contributed by atoms with van der Waals surface area (Å²) < 4.78 is 17.2. The average Bonchev–Trinajstić information content (AvgIpc) is 2.90. The Hall–Kier alpha value is -2.70. The zero-order chi connectivity index (χ0) is 13.7. The quantitative estimate of drug-likeness (QED) is 0.811. The fourth-order valence-corrected chi connectivity index (χ4v) is 1.31. The van der Waals surface area contributed by atoms with Crippen LogP contribution in [0.3, 0.4) is 0 Å². The van der Waals surface area contributed by atoms with Crippen LogP contribution in [0, 0.1) is 5.82 Å². The van der Waals surface area contributed by atoms with E-state index in [1.54, 1.807) is 0 Å². The molecule has 0 aliphatic carbocycles.